The molecule has 182 valence electrons. The highest BCUT2D eigenvalue weighted by Crippen LogP contribution is 2.23. The molecule has 0 unspecified atom stereocenters. The monoisotopic (exact) mass is 456 g/mol. The molecular weight excluding hydrogens is 416 g/mol. The van der Waals surface area contributed by atoms with E-state index in [4.69, 9.17) is 9.26 Å². The first kappa shape index (κ1) is 24.2. The van der Waals surface area contributed by atoms with Gasteiger partial charge in [0.15, 0.2) is 5.76 Å². The van der Waals surface area contributed by atoms with Crippen molar-refractivity contribution < 1.29 is 14.4 Å². The van der Waals surface area contributed by atoms with E-state index in [1.807, 2.05) is 0 Å². The van der Waals surface area contributed by atoms with Crippen molar-refractivity contribution in [2.24, 2.45) is 5.92 Å². The van der Waals surface area contributed by atoms with Crippen LogP contribution in [0.4, 0.5) is 5.69 Å². The normalized spacial score (nSPS) is 24.5. The number of nitrogens with zero attached hydrogens (tertiary/aromatic N) is 3. The average molecular weight is 457 g/mol. The Hall–Kier alpha value is -1.93. The van der Waals surface area contributed by atoms with Gasteiger partial charge in [-0.05, 0) is 43.9 Å². The van der Waals surface area contributed by atoms with Crippen molar-refractivity contribution in [3.63, 3.8) is 0 Å². The molecule has 1 aromatic heterocycles. The van der Waals surface area contributed by atoms with Gasteiger partial charge >= 0.3 is 0 Å². The summed E-state index contributed by atoms with van der Waals surface area (Å²) in [7, 11) is 0. The number of aromatic nitrogens is 1. The zero-order valence-corrected chi connectivity index (χ0v) is 20.2. The lowest BCUT2D eigenvalue weighted by Gasteiger charge is -2.35. The van der Waals surface area contributed by atoms with Crippen LogP contribution in [0.5, 0.6) is 0 Å². The Labute approximate surface area is 198 Å². The molecule has 2 N–H and O–H groups in total. The summed E-state index contributed by atoms with van der Waals surface area (Å²) >= 11 is 0. The fraction of sp³-hybridized carbons (Fsp3) is 0.654. The van der Waals surface area contributed by atoms with Gasteiger partial charge in [0.05, 0.1) is 30.6 Å². The molecule has 33 heavy (non-hydrogen) atoms. The predicted octanol–water partition coefficient (Wildman–Crippen LogP) is 3.08. The number of hydrogen-bond acceptors (Lipinski definition) is 7. The second kappa shape index (κ2) is 12.0. The summed E-state index contributed by atoms with van der Waals surface area (Å²) in [6.07, 6.45) is 3.04. The van der Waals surface area contributed by atoms with Gasteiger partial charge in [0, 0.05) is 50.9 Å². The molecule has 3 atom stereocenters. The second-order valence-electron chi connectivity index (χ2n) is 9.92. The van der Waals surface area contributed by atoms with Crippen LogP contribution in [0.1, 0.15) is 44.6 Å². The maximum atomic E-state index is 10.3. The van der Waals surface area contributed by atoms with E-state index in [1.54, 1.807) is 0 Å². The Morgan fingerprint density at radius 3 is 2.67 bits per heavy atom. The maximum Gasteiger partial charge on any atom is 0.150 e. The number of nitrogens with one attached hydrogen (secondary N) is 1. The van der Waals surface area contributed by atoms with E-state index >= 15 is 0 Å². The number of ether oxygens (including phenoxy) is 1. The maximum absolute atomic E-state index is 10.3. The average Bonchev–Trinajstić information content (AvgIpc) is 3.26. The first-order valence-electron chi connectivity index (χ1n) is 12.6. The zero-order chi connectivity index (χ0) is 23.0. The summed E-state index contributed by atoms with van der Waals surface area (Å²) in [6.45, 7) is 11.0. The van der Waals surface area contributed by atoms with Crippen molar-refractivity contribution in [3.8, 4) is 0 Å². The molecule has 2 saturated heterocycles. The molecule has 1 aromatic carbocycles. The summed E-state index contributed by atoms with van der Waals surface area (Å²) in [4.78, 5) is 4.86. The van der Waals surface area contributed by atoms with Gasteiger partial charge in [0.2, 0.25) is 0 Å². The largest absolute Gasteiger partial charge is 0.390 e. The number of hydrogen-bond donors (Lipinski definition) is 2. The molecule has 0 aliphatic carbocycles. The highest BCUT2D eigenvalue weighted by molar-refractivity contribution is 5.46. The van der Waals surface area contributed by atoms with Crippen LogP contribution in [-0.4, -0.2) is 72.7 Å². The van der Waals surface area contributed by atoms with Gasteiger partial charge in [-0.1, -0.05) is 37.2 Å². The molecule has 2 aliphatic heterocycles. The van der Waals surface area contributed by atoms with Gasteiger partial charge in [0.1, 0.15) is 0 Å². The quantitative estimate of drug-likeness (QED) is 0.532. The van der Waals surface area contributed by atoms with Crippen molar-refractivity contribution >= 4 is 5.69 Å². The highest BCUT2D eigenvalue weighted by Gasteiger charge is 2.30. The number of aliphatic hydroxyl groups is 1. The van der Waals surface area contributed by atoms with Crippen LogP contribution in [0.3, 0.4) is 0 Å². The fourth-order valence-corrected chi connectivity index (χ4v) is 4.70. The Morgan fingerprint density at radius 1 is 1.12 bits per heavy atom. The van der Waals surface area contributed by atoms with Gasteiger partial charge in [-0.15, -0.1) is 0 Å². The molecule has 7 nitrogen and oxygen atoms in total. The molecule has 2 aliphatic rings. The van der Waals surface area contributed by atoms with Crippen molar-refractivity contribution in [1.29, 1.82) is 0 Å². The molecular formula is C26H40N4O3. The molecule has 3 heterocycles. The SMILES string of the molecule is CC(C)CCNC[C@H]1O[C@H](Cc2cc(CN3CCN(c4ccccc4)CC3)on2)CC[C@@H]1O. The fourth-order valence-electron chi connectivity index (χ4n) is 4.70. The lowest BCUT2D eigenvalue weighted by Crippen LogP contribution is -2.45. The molecule has 0 saturated carbocycles. The van der Waals surface area contributed by atoms with Crippen LogP contribution in [0, 0.1) is 5.92 Å². The van der Waals surface area contributed by atoms with Gasteiger partial charge in [0.25, 0.3) is 0 Å². The van der Waals surface area contributed by atoms with E-state index in [9.17, 15) is 5.11 Å². The van der Waals surface area contributed by atoms with Gasteiger partial charge in [-0.2, -0.15) is 0 Å². The summed E-state index contributed by atoms with van der Waals surface area (Å²) in [5.74, 6) is 1.59. The molecule has 0 amide bonds. The summed E-state index contributed by atoms with van der Waals surface area (Å²) in [5, 5.41) is 18.1. The minimum atomic E-state index is -0.393. The molecule has 7 heteroatoms. The number of aliphatic hydroxyl groups excluding tert-OH is 1. The van der Waals surface area contributed by atoms with Gasteiger partial charge in [-0.3, -0.25) is 4.90 Å². The van der Waals surface area contributed by atoms with E-state index in [2.05, 4.69) is 70.5 Å². The lowest BCUT2D eigenvalue weighted by molar-refractivity contribution is -0.114. The lowest BCUT2D eigenvalue weighted by atomic mass is 9.98. The minimum Gasteiger partial charge on any atom is -0.390 e. The van der Waals surface area contributed by atoms with E-state index in [0.29, 0.717) is 12.5 Å². The van der Waals surface area contributed by atoms with Crippen molar-refractivity contribution in [3.05, 3.63) is 47.9 Å². The first-order chi connectivity index (χ1) is 16.1. The molecule has 0 radical (unpaired) electrons. The molecule has 4 rings (SSSR count). The number of anilines is 1. The standard InChI is InChI=1S/C26H40N4O3/c1-20(2)10-11-27-18-26-25(31)9-8-23(32-26)16-21-17-24(33-28-21)19-29-12-14-30(15-13-29)22-6-4-3-5-7-22/h3-7,17,20,23,25-27,31H,8-16,18-19H2,1-2H3/t23-,25-,26+/m0/s1. The summed E-state index contributed by atoms with van der Waals surface area (Å²) < 4.78 is 11.9. The van der Waals surface area contributed by atoms with Crippen LogP contribution in [0.2, 0.25) is 0 Å². The van der Waals surface area contributed by atoms with Crippen LogP contribution < -0.4 is 10.2 Å². The molecule has 2 aromatic rings. The number of para-hydroxylation sites is 1. The minimum absolute atomic E-state index is 0.0812. The molecule has 2 fully saturated rings. The van der Waals surface area contributed by atoms with Crippen molar-refractivity contribution in [2.45, 2.75) is 64.4 Å². The number of rotatable bonds is 10. The Morgan fingerprint density at radius 2 is 1.91 bits per heavy atom. The third-order valence-corrected chi connectivity index (χ3v) is 6.74. The topological polar surface area (TPSA) is 74.0 Å². The van der Waals surface area contributed by atoms with Gasteiger partial charge in [-0.25, -0.2) is 0 Å². The third-order valence-electron chi connectivity index (χ3n) is 6.74. The van der Waals surface area contributed by atoms with Crippen molar-refractivity contribution in [2.75, 3.05) is 44.2 Å². The van der Waals surface area contributed by atoms with Crippen LogP contribution in [0.15, 0.2) is 40.9 Å². The Kier molecular flexibility index (Phi) is 8.78. The Balaban J connectivity index is 1.20. The van der Waals surface area contributed by atoms with Crippen LogP contribution in [0.25, 0.3) is 0 Å². The van der Waals surface area contributed by atoms with Crippen molar-refractivity contribution in [1.82, 2.24) is 15.4 Å². The number of piperazine rings is 1. The van der Waals surface area contributed by atoms with Gasteiger partial charge < -0.3 is 24.6 Å². The van der Waals surface area contributed by atoms with Crippen LogP contribution >= 0.6 is 0 Å². The van der Waals surface area contributed by atoms with E-state index in [0.717, 1.165) is 76.4 Å². The first-order valence-corrected chi connectivity index (χ1v) is 12.6. The van der Waals surface area contributed by atoms with Crippen LogP contribution in [-0.2, 0) is 17.7 Å². The highest BCUT2D eigenvalue weighted by atomic mass is 16.5. The second-order valence-corrected chi connectivity index (χ2v) is 9.92. The van der Waals surface area contributed by atoms with E-state index in [-0.39, 0.29) is 12.2 Å². The zero-order valence-electron chi connectivity index (χ0n) is 20.2. The third kappa shape index (κ3) is 7.27. The predicted molar refractivity (Wildman–Crippen MR) is 130 cm³/mol. The summed E-state index contributed by atoms with van der Waals surface area (Å²) in [5.41, 5.74) is 2.24. The Bertz CT molecular complexity index is 820. The number of benzene rings is 1. The smallest absolute Gasteiger partial charge is 0.150 e. The van der Waals surface area contributed by atoms with E-state index in [1.165, 1.54) is 5.69 Å². The summed E-state index contributed by atoms with van der Waals surface area (Å²) in [6, 6.07) is 12.7. The molecule has 0 bridgehead atoms. The van der Waals surface area contributed by atoms with E-state index < -0.39 is 6.10 Å². The molecule has 0 spiro atoms.